The summed E-state index contributed by atoms with van der Waals surface area (Å²) in [5.41, 5.74) is 0.697. The van der Waals surface area contributed by atoms with Gasteiger partial charge in [-0.3, -0.25) is 4.90 Å². The maximum atomic E-state index is 13.3. The molecule has 1 aromatic rings. The molecule has 0 N–H and O–H groups in total. The van der Waals surface area contributed by atoms with Crippen molar-refractivity contribution in [1.82, 2.24) is 4.90 Å². The van der Waals surface area contributed by atoms with Gasteiger partial charge in [0, 0.05) is 26.2 Å². The summed E-state index contributed by atoms with van der Waals surface area (Å²) in [5, 5.41) is 0. The first-order valence-corrected chi connectivity index (χ1v) is 7.63. The SMILES string of the molecule is Fc1ccc([C@@H]2CN(C[C@H]3CCCCO3)CCO2)cc1F. The van der Waals surface area contributed by atoms with Gasteiger partial charge < -0.3 is 9.47 Å². The van der Waals surface area contributed by atoms with Crippen LogP contribution in [0, 0.1) is 11.6 Å². The van der Waals surface area contributed by atoms with Gasteiger partial charge >= 0.3 is 0 Å². The summed E-state index contributed by atoms with van der Waals surface area (Å²) < 4.78 is 37.8. The quantitative estimate of drug-likeness (QED) is 0.856. The number of hydrogen-bond acceptors (Lipinski definition) is 3. The molecule has 2 saturated heterocycles. The lowest BCUT2D eigenvalue weighted by Crippen LogP contribution is -2.43. The molecule has 2 heterocycles. The zero-order valence-corrected chi connectivity index (χ0v) is 12.1. The molecule has 2 aliphatic heterocycles. The molecule has 1 aromatic carbocycles. The van der Waals surface area contributed by atoms with E-state index < -0.39 is 11.6 Å². The van der Waals surface area contributed by atoms with Crippen LogP contribution in [0.3, 0.4) is 0 Å². The summed E-state index contributed by atoms with van der Waals surface area (Å²) in [7, 11) is 0. The molecule has 0 aromatic heterocycles. The summed E-state index contributed by atoms with van der Waals surface area (Å²) in [6, 6.07) is 4.00. The molecule has 3 rings (SSSR count). The fourth-order valence-corrected chi connectivity index (χ4v) is 3.02. The first-order chi connectivity index (χ1) is 10.2. The fourth-order valence-electron chi connectivity index (χ4n) is 3.02. The van der Waals surface area contributed by atoms with Gasteiger partial charge in [0.25, 0.3) is 0 Å². The molecule has 2 atom stereocenters. The fraction of sp³-hybridized carbons (Fsp3) is 0.625. The molecule has 3 nitrogen and oxygen atoms in total. The molecular weight excluding hydrogens is 276 g/mol. The van der Waals surface area contributed by atoms with Gasteiger partial charge in [0.2, 0.25) is 0 Å². The van der Waals surface area contributed by atoms with E-state index in [0.717, 1.165) is 38.6 Å². The van der Waals surface area contributed by atoms with Gasteiger partial charge in [-0.25, -0.2) is 8.78 Å². The zero-order chi connectivity index (χ0) is 14.7. The Labute approximate surface area is 123 Å². The van der Waals surface area contributed by atoms with Gasteiger partial charge in [0.1, 0.15) is 0 Å². The summed E-state index contributed by atoms with van der Waals surface area (Å²) >= 11 is 0. The topological polar surface area (TPSA) is 21.7 Å². The van der Waals surface area contributed by atoms with Crippen molar-refractivity contribution >= 4 is 0 Å². The Balaban J connectivity index is 1.60. The monoisotopic (exact) mass is 297 g/mol. The van der Waals surface area contributed by atoms with E-state index in [1.54, 1.807) is 6.07 Å². The molecule has 2 fully saturated rings. The minimum atomic E-state index is -0.818. The number of nitrogens with zero attached hydrogens (tertiary/aromatic N) is 1. The zero-order valence-electron chi connectivity index (χ0n) is 12.1. The highest BCUT2D eigenvalue weighted by Crippen LogP contribution is 2.25. The molecule has 0 spiro atoms. The van der Waals surface area contributed by atoms with Crippen molar-refractivity contribution in [2.45, 2.75) is 31.5 Å². The van der Waals surface area contributed by atoms with Crippen LogP contribution in [0.25, 0.3) is 0 Å². The Morgan fingerprint density at radius 1 is 1.10 bits per heavy atom. The molecule has 0 aliphatic carbocycles. The number of ether oxygens (including phenoxy) is 2. The third-order valence-electron chi connectivity index (χ3n) is 4.20. The number of morpholine rings is 1. The van der Waals surface area contributed by atoms with E-state index in [9.17, 15) is 8.78 Å². The number of rotatable bonds is 3. The van der Waals surface area contributed by atoms with Crippen molar-refractivity contribution in [1.29, 1.82) is 0 Å². The highest BCUT2D eigenvalue weighted by atomic mass is 19.2. The normalized spacial score (nSPS) is 27.7. The van der Waals surface area contributed by atoms with Crippen LogP contribution in [0.5, 0.6) is 0 Å². The van der Waals surface area contributed by atoms with Crippen molar-refractivity contribution < 1.29 is 18.3 Å². The van der Waals surface area contributed by atoms with E-state index in [2.05, 4.69) is 4.90 Å². The molecule has 0 amide bonds. The molecule has 116 valence electrons. The van der Waals surface area contributed by atoms with Crippen molar-refractivity contribution in [3.8, 4) is 0 Å². The Morgan fingerprint density at radius 2 is 2.00 bits per heavy atom. The van der Waals surface area contributed by atoms with Crippen molar-refractivity contribution in [3.05, 3.63) is 35.4 Å². The Bertz CT molecular complexity index is 477. The van der Waals surface area contributed by atoms with Crippen LogP contribution in [-0.4, -0.2) is 43.9 Å². The first kappa shape index (κ1) is 14.9. The second-order valence-electron chi connectivity index (χ2n) is 5.78. The van der Waals surface area contributed by atoms with Crippen molar-refractivity contribution in [3.63, 3.8) is 0 Å². The number of benzene rings is 1. The van der Waals surface area contributed by atoms with Gasteiger partial charge in [0.05, 0.1) is 18.8 Å². The van der Waals surface area contributed by atoms with E-state index in [4.69, 9.17) is 9.47 Å². The molecular formula is C16H21F2NO2. The van der Waals surface area contributed by atoms with Crippen LogP contribution in [0.1, 0.15) is 30.9 Å². The number of hydrogen-bond donors (Lipinski definition) is 0. The first-order valence-electron chi connectivity index (χ1n) is 7.63. The lowest BCUT2D eigenvalue weighted by atomic mass is 10.1. The summed E-state index contributed by atoms with van der Waals surface area (Å²) in [6.45, 7) is 3.91. The minimum absolute atomic E-state index is 0.197. The maximum Gasteiger partial charge on any atom is 0.159 e. The molecule has 0 unspecified atom stereocenters. The van der Waals surface area contributed by atoms with Gasteiger partial charge in [-0.1, -0.05) is 6.07 Å². The second kappa shape index (κ2) is 6.81. The van der Waals surface area contributed by atoms with Crippen LogP contribution in [0.15, 0.2) is 18.2 Å². The van der Waals surface area contributed by atoms with Gasteiger partial charge in [-0.05, 0) is 37.0 Å². The standard InChI is InChI=1S/C16H21F2NO2/c17-14-5-4-12(9-15(14)18)16-11-19(6-8-21-16)10-13-3-1-2-7-20-13/h4-5,9,13,16H,1-3,6-8,10-11H2/t13-,16+/m1/s1. The Hall–Kier alpha value is -1.04. The smallest absolute Gasteiger partial charge is 0.159 e. The molecule has 0 radical (unpaired) electrons. The van der Waals surface area contributed by atoms with Crippen LogP contribution in [-0.2, 0) is 9.47 Å². The average molecular weight is 297 g/mol. The van der Waals surface area contributed by atoms with Crippen LogP contribution in [0.2, 0.25) is 0 Å². The van der Waals surface area contributed by atoms with E-state index >= 15 is 0 Å². The van der Waals surface area contributed by atoms with Gasteiger partial charge in [-0.2, -0.15) is 0 Å². The van der Waals surface area contributed by atoms with Gasteiger partial charge in [-0.15, -0.1) is 0 Å². The summed E-state index contributed by atoms with van der Waals surface area (Å²) in [4.78, 5) is 2.30. The van der Waals surface area contributed by atoms with Crippen LogP contribution in [0.4, 0.5) is 8.78 Å². The van der Waals surface area contributed by atoms with Crippen molar-refractivity contribution in [2.75, 3.05) is 32.8 Å². The van der Waals surface area contributed by atoms with Gasteiger partial charge in [0.15, 0.2) is 11.6 Å². The molecule has 0 saturated carbocycles. The Kier molecular flexibility index (Phi) is 4.83. The van der Waals surface area contributed by atoms with E-state index in [1.807, 2.05) is 0 Å². The molecule has 0 bridgehead atoms. The molecule has 2 aliphatic rings. The minimum Gasteiger partial charge on any atom is -0.377 e. The highest BCUT2D eigenvalue weighted by Gasteiger charge is 2.25. The van der Waals surface area contributed by atoms with E-state index in [-0.39, 0.29) is 6.10 Å². The van der Waals surface area contributed by atoms with Crippen molar-refractivity contribution in [2.24, 2.45) is 0 Å². The average Bonchev–Trinajstić information content (AvgIpc) is 2.51. The third-order valence-corrected chi connectivity index (χ3v) is 4.20. The van der Waals surface area contributed by atoms with Crippen LogP contribution >= 0.6 is 0 Å². The highest BCUT2D eigenvalue weighted by molar-refractivity contribution is 5.21. The maximum absolute atomic E-state index is 13.3. The largest absolute Gasteiger partial charge is 0.377 e. The second-order valence-corrected chi connectivity index (χ2v) is 5.78. The molecule has 5 heteroatoms. The van der Waals surface area contributed by atoms with E-state index in [0.29, 0.717) is 24.8 Å². The number of halogens is 2. The third kappa shape index (κ3) is 3.78. The summed E-state index contributed by atoms with van der Waals surface area (Å²) in [6.07, 6.45) is 3.58. The predicted molar refractivity (Wildman–Crippen MR) is 75.1 cm³/mol. The molecule has 21 heavy (non-hydrogen) atoms. The summed E-state index contributed by atoms with van der Waals surface area (Å²) in [5.74, 6) is -1.63. The lowest BCUT2D eigenvalue weighted by Gasteiger charge is -2.36. The Morgan fingerprint density at radius 3 is 2.76 bits per heavy atom. The lowest BCUT2D eigenvalue weighted by molar-refractivity contribution is -0.0612. The predicted octanol–water partition coefficient (Wildman–Crippen LogP) is 2.91. The van der Waals surface area contributed by atoms with E-state index in [1.165, 1.54) is 12.5 Å². The van der Waals surface area contributed by atoms with Crippen LogP contribution < -0.4 is 0 Å².